The van der Waals surface area contributed by atoms with Crippen molar-refractivity contribution in [3.63, 3.8) is 0 Å². The molecule has 1 aliphatic heterocycles. The molecule has 36 heavy (non-hydrogen) atoms. The zero-order chi connectivity index (χ0) is 25.4. The molecule has 3 heterocycles. The number of rotatable bonds is 6. The third-order valence-electron chi connectivity index (χ3n) is 7.38. The number of carbonyl (C=O) groups excluding carboxylic acids is 3. The molecule has 9 nitrogen and oxygen atoms in total. The molecule has 0 saturated heterocycles. The molecular formula is C24H21F3N6O3. The number of H-pyrrole nitrogens is 1. The van der Waals surface area contributed by atoms with E-state index in [-0.39, 0.29) is 28.9 Å². The summed E-state index contributed by atoms with van der Waals surface area (Å²) in [5.41, 5.74) is 0.399. The van der Waals surface area contributed by atoms with Crippen LogP contribution in [0.3, 0.4) is 0 Å². The molecule has 2 saturated carbocycles. The average molecular weight is 498 g/mol. The highest BCUT2D eigenvalue weighted by molar-refractivity contribution is 6.44. The van der Waals surface area contributed by atoms with Crippen LogP contribution in [0.15, 0.2) is 30.5 Å². The van der Waals surface area contributed by atoms with Gasteiger partial charge in [-0.05, 0) is 55.5 Å². The number of amides is 2. The number of halogens is 3. The van der Waals surface area contributed by atoms with Crippen LogP contribution in [0, 0.1) is 18.7 Å². The fourth-order valence-electron chi connectivity index (χ4n) is 5.65. The molecule has 6 rings (SSSR count). The summed E-state index contributed by atoms with van der Waals surface area (Å²) in [6.07, 6.45) is 1.27. The molecule has 0 spiro atoms. The minimum absolute atomic E-state index is 0.0602. The van der Waals surface area contributed by atoms with Gasteiger partial charge in [-0.3, -0.25) is 19.5 Å². The normalized spacial score (nSPS) is 22.2. The fourth-order valence-corrected chi connectivity index (χ4v) is 5.65. The largest absolute Gasteiger partial charge is 0.338 e. The Morgan fingerprint density at radius 3 is 2.53 bits per heavy atom. The van der Waals surface area contributed by atoms with Crippen molar-refractivity contribution in [2.24, 2.45) is 5.92 Å². The lowest BCUT2D eigenvalue weighted by molar-refractivity contribution is -0.148. The van der Waals surface area contributed by atoms with Crippen LogP contribution < -0.4 is 10.6 Å². The number of anilines is 1. The number of hydrogen-bond acceptors (Lipinski definition) is 5. The molecule has 3 aliphatic rings. The van der Waals surface area contributed by atoms with E-state index in [1.807, 2.05) is 4.57 Å². The van der Waals surface area contributed by atoms with Crippen LogP contribution in [0.1, 0.15) is 63.1 Å². The van der Waals surface area contributed by atoms with Crippen LogP contribution >= 0.6 is 0 Å². The van der Waals surface area contributed by atoms with Gasteiger partial charge in [0.2, 0.25) is 0 Å². The Bertz CT molecular complexity index is 1410. The summed E-state index contributed by atoms with van der Waals surface area (Å²) in [4.78, 5) is 39.7. The number of fused-ring (bicyclic) bond motifs is 3. The number of hydrogen-bond donors (Lipinski definition) is 3. The monoisotopic (exact) mass is 498 g/mol. The lowest BCUT2D eigenvalue weighted by atomic mass is 9.71. The van der Waals surface area contributed by atoms with Gasteiger partial charge in [0.1, 0.15) is 11.5 Å². The summed E-state index contributed by atoms with van der Waals surface area (Å²) in [5.74, 6) is -5.57. The second-order valence-electron chi connectivity index (χ2n) is 9.84. The summed E-state index contributed by atoms with van der Waals surface area (Å²) in [7, 11) is 0. The summed E-state index contributed by atoms with van der Waals surface area (Å²) in [6, 6.07) is 5.35. The third kappa shape index (κ3) is 3.42. The quantitative estimate of drug-likeness (QED) is 0.356. The van der Waals surface area contributed by atoms with Crippen molar-refractivity contribution >= 4 is 23.3 Å². The number of alkyl halides is 2. The summed E-state index contributed by atoms with van der Waals surface area (Å²) < 4.78 is 42.7. The number of ketones is 1. The van der Waals surface area contributed by atoms with Gasteiger partial charge in [-0.25, -0.2) is 13.2 Å². The third-order valence-corrected chi connectivity index (χ3v) is 7.38. The predicted octanol–water partition coefficient (Wildman–Crippen LogP) is 3.05. The van der Waals surface area contributed by atoms with Gasteiger partial charge in [-0.1, -0.05) is 5.21 Å². The molecule has 186 valence electrons. The Kier molecular flexibility index (Phi) is 4.70. The molecular weight excluding hydrogens is 477 g/mol. The molecule has 2 fully saturated rings. The van der Waals surface area contributed by atoms with Crippen LogP contribution in [0.5, 0.6) is 0 Å². The first-order chi connectivity index (χ1) is 17.1. The first-order valence-corrected chi connectivity index (χ1v) is 11.5. The van der Waals surface area contributed by atoms with E-state index in [1.54, 1.807) is 6.92 Å². The van der Waals surface area contributed by atoms with Crippen molar-refractivity contribution in [2.45, 2.75) is 50.1 Å². The second-order valence-corrected chi connectivity index (χ2v) is 9.84. The first kappa shape index (κ1) is 22.5. The molecule has 2 amide bonds. The molecule has 1 aromatic carbocycles. The van der Waals surface area contributed by atoms with Crippen LogP contribution in [0.25, 0.3) is 0 Å². The van der Waals surface area contributed by atoms with Crippen molar-refractivity contribution in [2.75, 3.05) is 5.32 Å². The fraction of sp³-hybridized carbons (Fsp3) is 0.375. The number of benzene rings is 1. The second kappa shape index (κ2) is 7.52. The van der Waals surface area contributed by atoms with E-state index in [0.29, 0.717) is 23.4 Å². The van der Waals surface area contributed by atoms with E-state index in [1.165, 1.54) is 30.5 Å². The number of nitrogens with zero attached hydrogens (tertiary/aromatic N) is 3. The van der Waals surface area contributed by atoms with Crippen LogP contribution in [0.4, 0.5) is 18.9 Å². The predicted molar refractivity (Wildman–Crippen MR) is 119 cm³/mol. The van der Waals surface area contributed by atoms with Gasteiger partial charge in [0, 0.05) is 30.3 Å². The Labute approximate surface area is 202 Å². The van der Waals surface area contributed by atoms with E-state index >= 15 is 0 Å². The average Bonchev–Trinajstić information content (AvgIpc) is 3.14. The molecule has 0 radical (unpaired) electrons. The van der Waals surface area contributed by atoms with Gasteiger partial charge < -0.3 is 15.2 Å². The van der Waals surface area contributed by atoms with Crippen molar-refractivity contribution in [3.8, 4) is 0 Å². The molecule has 3 aromatic rings. The van der Waals surface area contributed by atoms with Crippen LogP contribution in [-0.4, -0.2) is 43.5 Å². The minimum atomic E-state index is -3.00. The maximum absolute atomic E-state index is 13.8. The lowest BCUT2D eigenvalue weighted by Gasteiger charge is -2.46. The van der Waals surface area contributed by atoms with Gasteiger partial charge in [0.05, 0.1) is 23.0 Å². The van der Waals surface area contributed by atoms with Gasteiger partial charge in [-0.2, -0.15) is 0 Å². The number of Topliss-reactive ketones (excluding diaryl/α,β-unsaturated/α-hetero) is 1. The van der Waals surface area contributed by atoms with Crippen molar-refractivity contribution < 1.29 is 27.6 Å². The lowest BCUT2D eigenvalue weighted by Crippen LogP contribution is -2.61. The van der Waals surface area contributed by atoms with Crippen molar-refractivity contribution in [3.05, 3.63) is 64.5 Å². The smallest absolute Gasteiger partial charge is 0.293 e. The topological polar surface area (TPSA) is 122 Å². The van der Waals surface area contributed by atoms with E-state index in [2.05, 4.69) is 26.0 Å². The Hall–Kier alpha value is -3.96. The maximum atomic E-state index is 13.8. The Morgan fingerprint density at radius 1 is 1.17 bits per heavy atom. The maximum Gasteiger partial charge on any atom is 0.293 e. The minimum Gasteiger partial charge on any atom is -0.338 e. The number of aromatic amines is 1. The Morgan fingerprint density at radius 2 is 1.89 bits per heavy atom. The van der Waals surface area contributed by atoms with Gasteiger partial charge in [0.15, 0.2) is 0 Å². The standard InChI is InChI=1S/C24H21F3N6O3/c1-11-18(20(34)22(36)30-23(9-24(26,27)10-23)17-8-28-32-31-17)16-7-12-6-15(12)33(16)19(11)21(35)29-14-4-2-13(25)3-5-14/h2-5,8,12,15H,6-7,9-10H2,1H3,(H,29,35)(H,30,36)(H,28,31,32)/t12?,15-/m1/s1. The van der Waals surface area contributed by atoms with Crippen LogP contribution in [0.2, 0.25) is 0 Å². The molecule has 3 N–H and O–H groups in total. The summed E-state index contributed by atoms with van der Waals surface area (Å²) >= 11 is 0. The van der Waals surface area contributed by atoms with Crippen molar-refractivity contribution in [1.82, 2.24) is 25.3 Å². The molecule has 2 atom stereocenters. The Balaban J connectivity index is 1.31. The van der Waals surface area contributed by atoms with E-state index in [9.17, 15) is 27.6 Å². The zero-order valence-electron chi connectivity index (χ0n) is 19.1. The number of carbonyl (C=O) groups is 3. The first-order valence-electron chi connectivity index (χ1n) is 11.5. The summed E-state index contributed by atoms with van der Waals surface area (Å²) in [6.45, 7) is 1.59. The van der Waals surface area contributed by atoms with E-state index < -0.39 is 47.7 Å². The highest BCUT2D eigenvalue weighted by atomic mass is 19.3. The van der Waals surface area contributed by atoms with Crippen LogP contribution in [-0.2, 0) is 16.8 Å². The zero-order valence-corrected chi connectivity index (χ0v) is 19.1. The summed E-state index contributed by atoms with van der Waals surface area (Å²) in [5, 5.41) is 14.9. The molecule has 12 heteroatoms. The molecule has 1 unspecified atom stereocenters. The van der Waals surface area contributed by atoms with E-state index in [4.69, 9.17) is 0 Å². The van der Waals surface area contributed by atoms with Crippen molar-refractivity contribution in [1.29, 1.82) is 0 Å². The number of nitrogens with one attached hydrogen (secondary N) is 3. The SMILES string of the molecule is Cc1c(C(=O)C(=O)NC2(c3cnn[nH]3)CC(F)(F)C2)c2n(c1C(=O)Nc1ccc(F)cc1)[C@@H]1CC1C2. The number of aromatic nitrogens is 4. The molecule has 2 aliphatic carbocycles. The van der Waals surface area contributed by atoms with E-state index in [0.717, 1.165) is 6.42 Å². The molecule has 0 bridgehead atoms. The van der Waals surface area contributed by atoms with Gasteiger partial charge >= 0.3 is 0 Å². The highest BCUT2D eigenvalue weighted by Crippen LogP contribution is 2.55. The van der Waals surface area contributed by atoms with Gasteiger partial charge in [0.25, 0.3) is 23.5 Å². The van der Waals surface area contributed by atoms with Gasteiger partial charge in [-0.15, -0.1) is 5.10 Å². The molecule has 2 aromatic heterocycles. The highest BCUT2D eigenvalue weighted by Gasteiger charge is 2.60.